The Morgan fingerprint density at radius 1 is 1.42 bits per heavy atom. The van der Waals surface area contributed by atoms with E-state index >= 15 is 0 Å². The summed E-state index contributed by atoms with van der Waals surface area (Å²) in [5.74, 6) is -2.11. The molecule has 12 heavy (non-hydrogen) atoms. The third-order valence-corrected chi connectivity index (χ3v) is 1.22. The van der Waals surface area contributed by atoms with Crippen LogP contribution in [0.25, 0.3) is 0 Å². The molecular formula is C7H11NO4. The lowest BCUT2D eigenvalue weighted by Crippen LogP contribution is -2.29. The predicted octanol–water partition coefficient (Wildman–Crippen LogP) is -0.181. The van der Waals surface area contributed by atoms with Crippen LogP contribution in [-0.2, 0) is 9.59 Å². The van der Waals surface area contributed by atoms with Gasteiger partial charge >= 0.3 is 11.9 Å². The largest absolute Gasteiger partial charge is 0.480 e. The van der Waals surface area contributed by atoms with Gasteiger partial charge in [0.1, 0.15) is 6.04 Å². The van der Waals surface area contributed by atoms with E-state index in [-0.39, 0.29) is 6.42 Å². The summed E-state index contributed by atoms with van der Waals surface area (Å²) in [4.78, 5) is 20.1. The molecule has 1 unspecified atom stereocenters. The number of allylic oxidation sites excluding steroid dienone is 1. The molecule has 0 aromatic carbocycles. The molecule has 0 rings (SSSR count). The first-order chi connectivity index (χ1) is 5.54. The Labute approximate surface area is 69.5 Å². The fourth-order valence-electron chi connectivity index (χ4n) is 0.583. The van der Waals surface area contributed by atoms with Crippen molar-refractivity contribution >= 4 is 11.9 Å². The fraction of sp³-hybridized carbons (Fsp3) is 0.429. The maximum absolute atomic E-state index is 10.2. The molecule has 0 amide bonds. The molecule has 0 bridgehead atoms. The van der Waals surface area contributed by atoms with Gasteiger partial charge in [0.2, 0.25) is 0 Å². The van der Waals surface area contributed by atoms with E-state index < -0.39 is 18.0 Å². The maximum atomic E-state index is 10.2. The second kappa shape index (κ2) is 5.31. The molecule has 68 valence electrons. The quantitative estimate of drug-likeness (QED) is 0.500. The fourth-order valence-corrected chi connectivity index (χ4v) is 0.583. The van der Waals surface area contributed by atoms with E-state index in [1.807, 2.05) is 0 Å². The highest BCUT2D eigenvalue weighted by Gasteiger charge is 2.08. The average molecular weight is 173 g/mol. The molecule has 5 heteroatoms. The zero-order valence-corrected chi connectivity index (χ0v) is 6.43. The number of carboxylic acids is 2. The van der Waals surface area contributed by atoms with Gasteiger partial charge in [-0.3, -0.25) is 4.79 Å². The second-order valence-electron chi connectivity index (χ2n) is 2.26. The first kappa shape index (κ1) is 10.6. The van der Waals surface area contributed by atoms with Crippen molar-refractivity contribution in [1.82, 2.24) is 0 Å². The molecule has 0 spiro atoms. The Bertz CT molecular complexity index is 200. The minimum atomic E-state index is -1.07. The topological polar surface area (TPSA) is 101 Å². The lowest BCUT2D eigenvalue weighted by molar-refractivity contribution is -0.138. The third kappa shape index (κ3) is 5.43. The number of carboxylic acid groups (broad SMARTS) is 2. The second-order valence-corrected chi connectivity index (χ2v) is 2.26. The van der Waals surface area contributed by atoms with Gasteiger partial charge < -0.3 is 15.9 Å². The average Bonchev–Trinajstić information content (AvgIpc) is 1.97. The molecule has 1 atom stereocenters. The first-order valence-electron chi connectivity index (χ1n) is 3.42. The molecule has 0 aliphatic carbocycles. The molecule has 4 N–H and O–H groups in total. The van der Waals surface area contributed by atoms with E-state index in [1.54, 1.807) is 0 Å². The molecule has 0 heterocycles. The van der Waals surface area contributed by atoms with Gasteiger partial charge in [-0.25, -0.2) is 4.79 Å². The summed E-state index contributed by atoms with van der Waals surface area (Å²) in [7, 11) is 0. The minimum absolute atomic E-state index is 0.249. The Balaban J connectivity index is 3.56. The summed E-state index contributed by atoms with van der Waals surface area (Å²) in [5.41, 5.74) is 5.15. The van der Waals surface area contributed by atoms with Crippen molar-refractivity contribution in [2.45, 2.75) is 18.9 Å². The summed E-state index contributed by atoms with van der Waals surface area (Å²) in [6, 6.07) is -0.913. The van der Waals surface area contributed by atoms with E-state index in [4.69, 9.17) is 15.9 Å². The van der Waals surface area contributed by atoms with Crippen LogP contribution in [0.5, 0.6) is 0 Å². The van der Waals surface area contributed by atoms with Crippen LogP contribution in [0.1, 0.15) is 12.8 Å². The minimum Gasteiger partial charge on any atom is -0.480 e. The number of aliphatic carboxylic acids is 2. The smallest absolute Gasteiger partial charge is 0.327 e. The number of rotatable bonds is 5. The Morgan fingerprint density at radius 2 is 2.00 bits per heavy atom. The SMILES string of the molecule is NC(CCC=CC(=O)O)C(=O)O. The van der Waals surface area contributed by atoms with Crippen molar-refractivity contribution in [3.63, 3.8) is 0 Å². The first-order valence-corrected chi connectivity index (χ1v) is 3.42. The third-order valence-electron chi connectivity index (χ3n) is 1.22. The van der Waals surface area contributed by atoms with Gasteiger partial charge in [-0.15, -0.1) is 0 Å². The van der Waals surface area contributed by atoms with Crippen LogP contribution in [-0.4, -0.2) is 28.2 Å². The van der Waals surface area contributed by atoms with Crippen LogP contribution in [0.15, 0.2) is 12.2 Å². The van der Waals surface area contributed by atoms with Gasteiger partial charge in [0, 0.05) is 6.08 Å². The van der Waals surface area contributed by atoms with Crippen molar-refractivity contribution in [2.24, 2.45) is 5.73 Å². The van der Waals surface area contributed by atoms with E-state index in [9.17, 15) is 9.59 Å². The Morgan fingerprint density at radius 3 is 2.42 bits per heavy atom. The van der Waals surface area contributed by atoms with Gasteiger partial charge in [0.05, 0.1) is 0 Å². The molecule has 0 aromatic rings. The van der Waals surface area contributed by atoms with E-state index in [0.717, 1.165) is 6.08 Å². The maximum Gasteiger partial charge on any atom is 0.327 e. The highest BCUT2D eigenvalue weighted by Crippen LogP contribution is 1.95. The summed E-state index contributed by atoms with van der Waals surface area (Å²) < 4.78 is 0. The van der Waals surface area contributed by atoms with Crippen LogP contribution in [0, 0.1) is 0 Å². The molecule has 0 aliphatic rings. The molecule has 0 aliphatic heterocycles. The van der Waals surface area contributed by atoms with E-state index in [2.05, 4.69) is 0 Å². The molecule has 0 aromatic heterocycles. The molecular weight excluding hydrogens is 162 g/mol. The van der Waals surface area contributed by atoms with Crippen molar-refractivity contribution in [2.75, 3.05) is 0 Å². The van der Waals surface area contributed by atoms with Crippen molar-refractivity contribution in [1.29, 1.82) is 0 Å². The number of nitrogens with two attached hydrogens (primary N) is 1. The van der Waals surface area contributed by atoms with Gasteiger partial charge in [-0.1, -0.05) is 6.08 Å². The number of hydrogen-bond acceptors (Lipinski definition) is 3. The molecule has 0 saturated carbocycles. The molecule has 0 radical (unpaired) electrons. The Kier molecular flexibility index (Phi) is 4.71. The lowest BCUT2D eigenvalue weighted by Gasteiger charge is -2.01. The monoisotopic (exact) mass is 173 g/mol. The van der Waals surface area contributed by atoms with E-state index in [1.165, 1.54) is 6.08 Å². The van der Waals surface area contributed by atoms with Crippen LogP contribution in [0.3, 0.4) is 0 Å². The molecule has 5 nitrogen and oxygen atoms in total. The number of hydrogen-bond donors (Lipinski definition) is 3. The summed E-state index contributed by atoms with van der Waals surface area (Å²) in [5, 5.41) is 16.5. The zero-order valence-electron chi connectivity index (χ0n) is 6.43. The predicted molar refractivity (Wildman–Crippen MR) is 41.6 cm³/mol. The summed E-state index contributed by atoms with van der Waals surface area (Å²) >= 11 is 0. The Hall–Kier alpha value is -1.36. The van der Waals surface area contributed by atoms with Crippen LogP contribution in [0.4, 0.5) is 0 Å². The number of carbonyl (C=O) groups is 2. The van der Waals surface area contributed by atoms with Gasteiger partial charge in [-0.05, 0) is 12.8 Å². The van der Waals surface area contributed by atoms with Crippen molar-refractivity contribution in [3.05, 3.63) is 12.2 Å². The van der Waals surface area contributed by atoms with Crippen LogP contribution < -0.4 is 5.73 Å². The van der Waals surface area contributed by atoms with Crippen molar-refractivity contribution in [3.8, 4) is 0 Å². The molecule has 0 saturated heterocycles. The van der Waals surface area contributed by atoms with Gasteiger partial charge in [0.15, 0.2) is 0 Å². The van der Waals surface area contributed by atoms with Gasteiger partial charge in [-0.2, -0.15) is 0 Å². The zero-order chi connectivity index (χ0) is 9.56. The standard InChI is InChI=1S/C7H11NO4/c8-5(7(11)12)3-1-2-4-6(9)10/h2,4-5H,1,3,8H2,(H,9,10)(H,11,12). The summed E-state index contributed by atoms with van der Waals surface area (Å²) in [6.45, 7) is 0. The van der Waals surface area contributed by atoms with Crippen LogP contribution >= 0.6 is 0 Å². The van der Waals surface area contributed by atoms with Gasteiger partial charge in [0.25, 0.3) is 0 Å². The van der Waals surface area contributed by atoms with E-state index in [0.29, 0.717) is 6.42 Å². The lowest BCUT2D eigenvalue weighted by atomic mass is 10.1. The van der Waals surface area contributed by atoms with Crippen LogP contribution in [0.2, 0.25) is 0 Å². The van der Waals surface area contributed by atoms with Crippen molar-refractivity contribution < 1.29 is 19.8 Å². The normalized spacial score (nSPS) is 13.1. The summed E-state index contributed by atoms with van der Waals surface area (Å²) in [6.07, 6.45) is 2.96. The highest BCUT2D eigenvalue weighted by molar-refractivity contribution is 5.79. The molecule has 0 fully saturated rings. The highest BCUT2D eigenvalue weighted by atomic mass is 16.4.